The van der Waals surface area contributed by atoms with Gasteiger partial charge in [-0.15, -0.1) is 0 Å². The molecule has 0 radical (unpaired) electrons. The zero-order chi connectivity index (χ0) is 27.4. The van der Waals surface area contributed by atoms with E-state index in [1.165, 1.54) is 18.1 Å². The van der Waals surface area contributed by atoms with Crippen LogP contribution in [0.5, 0.6) is 0 Å². The predicted octanol–water partition coefficient (Wildman–Crippen LogP) is 5.73. The minimum atomic E-state index is -0.889. The Hall–Kier alpha value is -3.97. The van der Waals surface area contributed by atoms with Gasteiger partial charge < -0.3 is 19.7 Å². The van der Waals surface area contributed by atoms with Gasteiger partial charge in [-0.1, -0.05) is 48.5 Å². The number of pyridine rings is 1. The van der Waals surface area contributed by atoms with E-state index in [-0.39, 0.29) is 6.42 Å². The molecule has 0 saturated carbocycles. The molecule has 38 heavy (non-hydrogen) atoms. The fraction of sp³-hybridized carbons (Fsp3) is 0.323. The van der Waals surface area contributed by atoms with Crippen molar-refractivity contribution in [2.45, 2.75) is 45.4 Å². The van der Waals surface area contributed by atoms with Crippen LogP contribution in [0.1, 0.15) is 31.9 Å². The van der Waals surface area contributed by atoms with Crippen molar-refractivity contribution >= 4 is 33.6 Å². The molecule has 0 aliphatic carbocycles. The highest BCUT2D eigenvalue weighted by Crippen LogP contribution is 2.36. The Balaban J connectivity index is 1.76. The van der Waals surface area contributed by atoms with Gasteiger partial charge in [0.25, 0.3) is 0 Å². The van der Waals surface area contributed by atoms with E-state index in [0.717, 1.165) is 39.4 Å². The Bertz CT molecular complexity index is 1470. The average Bonchev–Trinajstić information content (AvgIpc) is 2.86. The molecule has 1 heterocycles. The first-order chi connectivity index (χ1) is 18.1. The third kappa shape index (κ3) is 6.11. The monoisotopic (exact) mass is 513 g/mol. The molecule has 7 heteroatoms. The molecule has 4 aromatic rings. The van der Waals surface area contributed by atoms with Gasteiger partial charge in [-0.25, -0.2) is 9.59 Å². The van der Waals surface area contributed by atoms with Crippen LogP contribution in [0.15, 0.2) is 67.0 Å². The highest BCUT2D eigenvalue weighted by Gasteiger charge is 2.26. The molecule has 0 aliphatic rings. The van der Waals surface area contributed by atoms with Crippen molar-refractivity contribution in [1.29, 1.82) is 0 Å². The number of esters is 1. The van der Waals surface area contributed by atoms with Crippen LogP contribution in [0, 0.1) is 0 Å². The van der Waals surface area contributed by atoms with Gasteiger partial charge >= 0.3 is 12.1 Å². The van der Waals surface area contributed by atoms with Crippen molar-refractivity contribution in [1.82, 2.24) is 15.2 Å². The first-order valence-corrected chi connectivity index (χ1v) is 12.7. The predicted molar refractivity (Wildman–Crippen MR) is 151 cm³/mol. The minimum absolute atomic E-state index is 0.261. The summed E-state index contributed by atoms with van der Waals surface area (Å²) < 4.78 is 10.4. The summed E-state index contributed by atoms with van der Waals surface area (Å²) in [5, 5.41) is 6.99. The van der Waals surface area contributed by atoms with Crippen molar-refractivity contribution in [2.24, 2.45) is 0 Å². The van der Waals surface area contributed by atoms with Crippen molar-refractivity contribution < 1.29 is 19.1 Å². The van der Waals surface area contributed by atoms with Gasteiger partial charge in [-0.3, -0.25) is 4.98 Å². The van der Waals surface area contributed by atoms with Crippen molar-refractivity contribution in [3.8, 4) is 11.1 Å². The lowest BCUT2D eigenvalue weighted by molar-refractivity contribution is -0.143. The fourth-order valence-electron chi connectivity index (χ4n) is 4.76. The van der Waals surface area contributed by atoms with E-state index in [2.05, 4.69) is 59.6 Å². The summed E-state index contributed by atoms with van der Waals surface area (Å²) in [7, 11) is 5.44. The van der Waals surface area contributed by atoms with Crippen LogP contribution >= 0.6 is 0 Å². The topological polar surface area (TPSA) is 80.8 Å². The van der Waals surface area contributed by atoms with E-state index >= 15 is 0 Å². The minimum Gasteiger partial charge on any atom is -0.467 e. The molecule has 0 spiro atoms. The number of carbonyl (C=O) groups is 2. The van der Waals surface area contributed by atoms with E-state index < -0.39 is 23.7 Å². The molecule has 1 aromatic heterocycles. The van der Waals surface area contributed by atoms with E-state index in [4.69, 9.17) is 9.47 Å². The number of hydrogen-bond acceptors (Lipinski definition) is 6. The Morgan fingerprint density at radius 2 is 1.58 bits per heavy atom. The molecule has 1 amide bonds. The first-order valence-electron chi connectivity index (χ1n) is 12.7. The van der Waals surface area contributed by atoms with Crippen molar-refractivity contribution in [2.75, 3.05) is 21.2 Å². The van der Waals surface area contributed by atoms with Gasteiger partial charge in [0.2, 0.25) is 0 Å². The van der Waals surface area contributed by atoms with Crippen molar-refractivity contribution in [3.63, 3.8) is 0 Å². The van der Waals surface area contributed by atoms with E-state index in [1.54, 1.807) is 20.8 Å². The van der Waals surface area contributed by atoms with Gasteiger partial charge in [0.15, 0.2) is 0 Å². The third-order valence-corrected chi connectivity index (χ3v) is 6.30. The van der Waals surface area contributed by atoms with Gasteiger partial charge in [-0.2, -0.15) is 0 Å². The molecule has 7 nitrogen and oxygen atoms in total. The Morgan fingerprint density at radius 3 is 2.29 bits per heavy atom. The summed E-state index contributed by atoms with van der Waals surface area (Å²) in [4.78, 5) is 31.6. The Morgan fingerprint density at radius 1 is 0.895 bits per heavy atom. The summed E-state index contributed by atoms with van der Waals surface area (Å²) >= 11 is 0. The van der Waals surface area contributed by atoms with E-state index in [1.807, 2.05) is 36.7 Å². The standard InChI is InChI=1S/C31H35N3O4/c1-31(2,3)38-30(36)33-28(29(35)37-6)17-20-9-7-11-24-22(20)10-8-12-25(24)26-14-13-21(19-34(4)5)23-15-16-32-18-27(23)26/h7-16,18,28H,17,19H2,1-6H3,(H,33,36)/t28-/m0/s1. The van der Waals surface area contributed by atoms with Crippen LogP contribution < -0.4 is 5.32 Å². The number of aromatic nitrogens is 1. The quantitative estimate of drug-likeness (QED) is 0.318. The summed E-state index contributed by atoms with van der Waals surface area (Å²) in [6.45, 7) is 6.16. The molecule has 0 saturated heterocycles. The number of alkyl carbamates (subject to hydrolysis) is 1. The molecule has 4 rings (SSSR count). The highest BCUT2D eigenvalue weighted by atomic mass is 16.6. The van der Waals surface area contributed by atoms with Crippen LogP contribution in [0.25, 0.3) is 32.7 Å². The number of rotatable bonds is 7. The number of hydrogen-bond donors (Lipinski definition) is 1. The number of fused-ring (bicyclic) bond motifs is 2. The molecule has 0 aliphatic heterocycles. The second-order valence-electron chi connectivity index (χ2n) is 10.7. The molecule has 1 N–H and O–H groups in total. The Kier molecular flexibility index (Phi) is 7.97. The molecular formula is C31H35N3O4. The maximum atomic E-state index is 12.6. The number of amides is 1. The fourth-order valence-corrected chi connectivity index (χ4v) is 4.76. The molecule has 0 bridgehead atoms. The number of ether oxygens (including phenoxy) is 2. The number of carbonyl (C=O) groups excluding carboxylic acids is 2. The van der Waals surface area contributed by atoms with Gasteiger partial charge in [0.05, 0.1) is 7.11 Å². The lowest BCUT2D eigenvalue weighted by atomic mass is 9.90. The highest BCUT2D eigenvalue weighted by molar-refractivity contribution is 6.06. The number of benzene rings is 3. The van der Waals surface area contributed by atoms with Gasteiger partial charge in [-0.05, 0) is 79.3 Å². The largest absolute Gasteiger partial charge is 0.467 e. The number of methoxy groups -OCH3 is 1. The number of nitrogens with one attached hydrogen (secondary N) is 1. The van der Waals surface area contributed by atoms with Crippen LogP contribution in [-0.4, -0.2) is 54.8 Å². The van der Waals surface area contributed by atoms with E-state index in [9.17, 15) is 9.59 Å². The van der Waals surface area contributed by atoms with Crippen LogP contribution in [0.4, 0.5) is 4.79 Å². The molecule has 198 valence electrons. The molecule has 0 fully saturated rings. The zero-order valence-electron chi connectivity index (χ0n) is 22.9. The molecule has 3 aromatic carbocycles. The molecule has 1 atom stereocenters. The van der Waals surface area contributed by atoms with Crippen LogP contribution in [-0.2, 0) is 27.2 Å². The number of nitrogens with zero attached hydrogens (tertiary/aromatic N) is 2. The summed E-state index contributed by atoms with van der Waals surface area (Å²) in [6.07, 6.45) is 3.35. The zero-order valence-corrected chi connectivity index (χ0v) is 22.9. The smallest absolute Gasteiger partial charge is 0.408 e. The molecular weight excluding hydrogens is 478 g/mol. The first kappa shape index (κ1) is 27.1. The van der Waals surface area contributed by atoms with Crippen LogP contribution in [0.2, 0.25) is 0 Å². The van der Waals surface area contributed by atoms with E-state index in [0.29, 0.717) is 0 Å². The lowest BCUT2D eigenvalue weighted by Gasteiger charge is -2.23. The summed E-state index contributed by atoms with van der Waals surface area (Å²) in [5.74, 6) is -0.530. The third-order valence-electron chi connectivity index (χ3n) is 6.30. The Labute approximate surface area is 223 Å². The average molecular weight is 514 g/mol. The maximum absolute atomic E-state index is 12.6. The normalized spacial score (nSPS) is 12.5. The van der Waals surface area contributed by atoms with Gasteiger partial charge in [0.1, 0.15) is 11.6 Å². The second kappa shape index (κ2) is 11.2. The maximum Gasteiger partial charge on any atom is 0.408 e. The lowest BCUT2D eigenvalue weighted by Crippen LogP contribution is -2.45. The summed E-state index contributed by atoms with van der Waals surface area (Å²) in [6, 6.07) is 17.7. The van der Waals surface area contributed by atoms with Gasteiger partial charge in [0, 0.05) is 30.7 Å². The molecule has 0 unspecified atom stereocenters. The van der Waals surface area contributed by atoms with Crippen LogP contribution in [0.3, 0.4) is 0 Å². The second-order valence-corrected chi connectivity index (χ2v) is 10.7. The SMILES string of the molecule is COC(=O)[C@H](Cc1cccc2c(-c3ccc(CN(C)C)c4ccncc34)cccc12)NC(=O)OC(C)(C)C. The summed E-state index contributed by atoms with van der Waals surface area (Å²) in [5.41, 5.74) is 3.65. The van der Waals surface area contributed by atoms with Crippen molar-refractivity contribution in [3.05, 3.63) is 78.1 Å².